The monoisotopic (exact) mass is 247 g/mol. The number of ether oxygens (including phenoxy) is 1. The van der Waals surface area contributed by atoms with Crippen LogP contribution in [0.15, 0.2) is 12.7 Å². The standard InChI is InChI=1S/C11H13N5O2/c12-9-8-10(14-3-13-9)16(4-15-8)11-7-5(1-17)6(7)2-18-11/h3-7,11,17H,1-2H2,(H2,12,13,14)/t5-,6+,7-,11-/m0/s1. The molecule has 2 aliphatic rings. The van der Waals surface area contributed by atoms with Crippen LogP contribution < -0.4 is 5.73 Å². The maximum atomic E-state index is 9.26. The van der Waals surface area contributed by atoms with Crippen molar-refractivity contribution in [1.29, 1.82) is 0 Å². The van der Waals surface area contributed by atoms with Crippen LogP contribution in [0.5, 0.6) is 0 Å². The Bertz CT molecular complexity index is 608. The number of nitrogen functional groups attached to an aromatic ring is 1. The predicted octanol–water partition coefficient (Wildman–Crippen LogP) is -0.208. The summed E-state index contributed by atoms with van der Waals surface area (Å²) in [5.41, 5.74) is 7.05. The zero-order chi connectivity index (χ0) is 12.3. The second-order valence-electron chi connectivity index (χ2n) is 4.89. The molecule has 1 saturated carbocycles. The summed E-state index contributed by atoms with van der Waals surface area (Å²) in [5.74, 6) is 1.56. The van der Waals surface area contributed by atoms with Gasteiger partial charge in [-0.1, -0.05) is 0 Å². The van der Waals surface area contributed by atoms with E-state index in [-0.39, 0.29) is 12.8 Å². The number of hydrogen-bond donors (Lipinski definition) is 2. The summed E-state index contributed by atoms with van der Waals surface area (Å²) in [7, 11) is 0. The number of aliphatic hydroxyl groups excluding tert-OH is 1. The van der Waals surface area contributed by atoms with Crippen LogP contribution in [0, 0.1) is 17.8 Å². The maximum absolute atomic E-state index is 9.26. The third-order valence-electron chi connectivity index (χ3n) is 4.06. The Labute approximate surface area is 103 Å². The average molecular weight is 247 g/mol. The molecule has 0 amide bonds. The molecule has 1 saturated heterocycles. The molecule has 4 atom stereocenters. The van der Waals surface area contributed by atoms with E-state index in [2.05, 4.69) is 15.0 Å². The van der Waals surface area contributed by atoms with E-state index in [1.54, 1.807) is 6.33 Å². The highest BCUT2D eigenvalue weighted by Crippen LogP contribution is 2.58. The van der Waals surface area contributed by atoms with Crippen molar-refractivity contribution in [1.82, 2.24) is 19.5 Å². The van der Waals surface area contributed by atoms with Crippen molar-refractivity contribution >= 4 is 17.0 Å². The van der Waals surface area contributed by atoms with Gasteiger partial charge in [0.15, 0.2) is 11.5 Å². The van der Waals surface area contributed by atoms with Crippen LogP contribution in [-0.2, 0) is 4.74 Å². The molecule has 3 N–H and O–H groups in total. The Balaban J connectivity index is 1.77. The Morgan fingerprint density at radius 3 is 3.11 bits per heavy atom. The molecular formula is C11H13N5O2. The second-order valence-corrected chi connectivity index (χ2v) is 4.89. The molecule has 7 heteroatoms. The van der Waals surface area contributed by atoms with Crippen LogP contribution in [0.25, 0.3) is 11.2 Å². The molecule has 2 fully saturated rings. The fourth-order valence-corrected chi connectivity index (χ4v) is 3.03. The van der Waals surface area contributed by atoms with Gasteiger partial charge in [0.1, 0.15) is 18.1 Å². The average Bonchev–Trinajstić information content (AvgIpc) is 2.75. The largest absolute Gasteiger partial charge is 0.396 e. The molecule has 0 spiro atoms. The van der Waals surface area contributed by atoms with Crippen LogP contribution in [0.2, 0.25) is 0 Å². The maximum Gasteiger partial charge on any atom is 0.167 e. The SMILES string of the molecule is Nc1ncnc2c1ncn2[C@H]1OC[C@@H]2[C@H](CO)[C@@H]21. The molecule has 0 aromatic carbocycles. The van der Waals surface area contributed by atoms with Gasteiger partial charge in [0, 0.05) is 12.5 Å². The highest BCUT2D eigenvalue weighted by Gasteiger charge is 2.59. The number of nitrogens with two attached hydrogens (primary N) is 1. The first-order valence-corrected chi connectivity index (χ1v) is 5.96. The number of aromatic nitrogens is 4. The third kappa shape index (κ3) is 1.17. The Morgan fingerprint density at radius 1 is 1.44 bits per heavy atom. The second kappa shape index (κ2) is 3.39. The summed E-state index contributed by atoms with van der Waals surface area (Å²) in [6.45, 7) is 0.916. The molecule has 1 aliphatic heterocycles. The first-order chi connectivity index (χ1) is 8.81. The quantitative estimate of drug-likeness (QED) is 0.762. The van der Waals surface area contributed by atoms with Crippen LogP contribution in [0.4, 0.5) is 5.82 Å². The zero-order valence-electron chi connectivity index (χ0n) is 9.60. The molecule has 1 aliphatic carbocycles. The van der Waals surface area contributed by atoms with Crippen LogP contribution in [0.3, 0.4) is 0 Å². The number of hydrogen-bond acceptors (Lipinski definition) is 6. The smallest absolute Gasteiger partial charge is 0.167 e. The molecule has 94 valence electrons. The molecule has 0 bridgehead atoms. The van der Waals surface area contributed by atoms with E-state index in [0.29, 0.717) is 41.3 Å². The van der Waals surface area contributed by atoms with Gasteiger partial charge < -0.3 is 15.6 Å². The van der Waals surface area contributed by atoms with E-state index in [9.17, 15) is 5.11 Å². The minimum absolute atomic E-state index is 0.0913. The Kier molecular flexibility index (Phi) is 1.93. The topological polar surface area (TPSA) is 99.1 Å². The van der Waals surface area contributed by atoms with E-state index in [4.69, 9.17) is 10.5 Å². The van der Waals surface area contributed by atoms with Crippen LogP contribution >= 0.6 is 0 Å². The highest BCUT2D eigenvalue weighted by molar-refractivity contribution is 5.81. The van der Waals surface area contributed by atoms with Crippen LogP contribution in [0.1, 0.15) is 6.23 Å². The molecule has 2 aromatic rings. The Morgan fingerprint density at radius 2 is 2.33 bits per heavy atom. The first kappa shape index (κ1) is 10.2. The molecule has 0 unspecified atom stereocenters. The van der Waals surface area contributed by atoms with Crippen molar-refractivity contribution in [3.05, 3.63) is 12.7 Å². The summed E-state index contributed by atoms with van der Waals surface area (Å²) in [5, 5.41) is 9.26. The third-order valence-corrected chi connectivity index (χ3v) is 4.06. The number of rotatable bonds is 2. The van der Waals surface area contributed by atoms with Crippen molar-refractivity contribution in [3.8, 4) is 0 Å². The minimum Gasteiger partial charge on any atom is -0.396 e. The summed E-state index contributed by atoms with van der Waals surface area (Å²) in [6, 6.07) is 0. The molecular weight excluding hydrogens is 234 g/mol. The summed E-state index contributed by atoms with van der Waals surface area (Å²) in [6.07, 6.45) is 3.03. The van der Waals surface area contributed by atoms with Crippen molar-refractivity contribution in [2.75, 3.05) is 18.9 Å². The highest BCUT2D eigenvalue weighted by atomic mass is 16.5. The van der Waals surface area contributed by atoms with Gasteiger partial charge in [-0.05, 0) is 11.8 Å². The molecule has 0 radical (unpaired) electrons. The normalized spacial score (nSPS) is 33.8. The van der Waals surface area contributed by atoms with Crippen LogP contribution in [-0.4, -0.2) is 37.8 Å². The van der Waals surface area contributed by atoms with Crippen molar-refractivity contribution in [2.45, 2.75) is 6.23 Å². The lowest BCUT2D eigenvalue weighted by molar-refractivity contribution is 0.0121. The van der Waals surface area contributed by atoms with Crippen molar-refractivity contribution < 1.29 is 9.84 Å². The lowest BCUT2D eigenvalue weighted by atomic mass is 10.3. The molecule has 7 nitrogen and oxygen atoms in total. The Hall–Kier alpha value is -1.73. The summed E-state index contributed by atoms with van der Waals surface area (Å²) in [4.78, 5) is 12.4. The number of nitrogens with zero attached hydrogens (tertiary/aromatic N) is 4. The number of aliphatic hydroxyl groups is 1. The van der Waals surface area contributed by atoms with E-state index in [1.165, 1.54) is 6.33 Å². The number of fused-ring (bicyclic) bond motifs is 2. The minimum atomic E-state index is -0.0913. The van der Waals surface area contributed by atoms with E-state index in [0.717, 1.165) is 0 Å². The fourth-order valence-electron chi connectivity index (χ4n) is 3.03. The van der Waals surface area contributed by atoms with E-state index in [1.807, 2.05) is 4.57 Å². The molecule has 4 rings (SSSR count). The van der Waals surface area contributed by atoms with Gasteiger partial charge in [-0.15, -0.1) is 0 Å². The summed E-state index contributed by atoms with van der Waals surface area (Å²) >= 11 is 0. The number of imidazole rings is 1. The van der Waals surface area contributed by atoms with Gasteiger partial charge >= 0.3 is 0 Å². The van der Waals surface area contributed by atoms with Crippen molar-refractivity contribution in [2.24, 2.45) is 17.8 Å². The predicted molar refractivity (Wildman–Crippen MR) is 62.3 cm³/mol. The molecule has 3 heterocycles. The molecule has 18 heavy (non-hydrogen) atoms. The summed E-state index contributed by atoms with van der Waals surface area (Å²) < 4.78 is 7.65. The van der Waals surface area contributed by atoms with E-state index < -0.39 is 0 Å². The van der Waals surface area contributed by atoms with Gasteiger partial charge in [0.25, 0.3) is 0 Å². The van der Waals surface area contributed by atoms with Gasteiger partial charge in [0.05, 0.1) is 12.9 Å². The van der Waals surface area contributed by atoms with E-state index >= 15 is 0 Å². The lowest BCUT2D eigenvalue weighted by Crippen LogP contribution is -2.14. The van der Waals surface area contributed by atoms with Gasteiger partial charge in [-0.2, -0.15) is 0 Å². The fraction of sp³-hybridized carbons (Fsp3) is 0.545. The zero-order valence-corrected chi connectivity index (χ0v) is 9.60. The first-order valence-electron chi connectivity index (χ1n) is 5.96. The lowest BCUT2D eigenvalue weighted by Gasteiger charge is -2.16. The van der Waals surface area contributed by atoms with Gasteiger partial charge in [0.2, 0.25) is 0 Å². The molecule has 2 aromatic heterocycles. The van der Waals surface area contributed by atoms with Crippen molar-refractivity contribution in [3.63, 3.8) is 0 Å². The van der Waals surface area contributed by atoms with Gasteiger partial charge in [-0.25, -0.2) is 15.0 Å². The number of anilines is 1. The van der Waals surface area contributed by atoms with Gasteiger partial charge in [-0.3, -0.25) is 4.57 Å².